The molecule has 0 amide bonds. The van der Waals surface area contributed by atoms with Crippen molar-refractivity contribution in [1.82, 2.24) is 4.98 Å². The van der Waals surface area contributed by atoms with Crippen LogP contribution in [0.15, 0.2) is 12.1 Å². The van der Waals surface area contributed by atoms with E-state index < -0.39 is 0 Å². The van der Waals surface area contributed by atoms with Gasteiger partial charge in [0.05, 0.1) is 0 Å². The quantitative estimate of drug-likeness (QED) is 0.690. The summed E-state index contributed by atoms with van der Waals surface area (Å²) in [5.74, 6) is 0.610. The number of pyridine rings is 1. The average molecular weight is 177 g/mol. The molecular weight excluding hydrogens is 158 g/mol. The summed E-state index contributed by atoms with van der Waals surface area (Å²) < 4.78 is 0. The number of rotatable bonds is 3. The third kappa shape index (κ3) is 2.55. The fourth-order valence-electron chi connectivity index (χ4n) is 1.37. The molecule has 0 saturated carbocycles. The van der Waals surface area contributed by atoms with Crippen molar-refractivity contribution in [2.75, 3.05) is 0 Å². The van der Waals surface area contributed by atoms with Crippen LogP contribution in [0, 0.1) is 0 Å². The number of nitrogens with zero attached hydrogens (tertiary/aromatic N) is 1. The maximum Gasteiger partial charge on any atom is 0.0407 e. The number of hydrogen-bond acceptors (Lipinski definition) is 1. The highest BCUT2D eigenvalue weighted by molar-refractivity contribution is 5.24. The molecular formula is C12H19N. The maximum absolute atomic E-state index is 4.55. The monoisotopic (exact) mass is 177 g/mol. The third-order valence-electron chi connectivity index (χ3n) is 2.34. The molecule has 13 heavy (non-hydrogen) atoms. The molecule has 0 N–H and O–H groups in total. The third-order valence-corrected chi connectivity index (χ3v) is 2.34. The Labute approximate surface area is 81.2 Å². The molecule has 0 unspecified atom stereocenters. The summed E-state index contributed by atoms with van der Waals surface area (Å²) in [5, 5.41) is 0. The molecule has 1 aromatic heterocycles. The molecule has 1 rings (SSSR count). The van der Waals surface area contributed by atoms with Gasteiger partial charge in [-0.1, -0.05) is 27.7 Å². The SMILES string of the molecule is CCc1cc(C(C)C)cc(CC)n1. The first-order valence-corrected chi connectivity index (χ1v) is 5.17. The summed E-state index contributed by atoms with van der Waals surface area (Å²) >= 11 is 0. The zero-order valence-corrected chi connectivity index (χ0v) is 9.09. The van der Waals surface area contributed by atoms with Gasteiger partial charge in [0.1, 0.15) is 0 Å². The van der Waals surface area contributed by atoms with Crippen LogP contribution in [0.3, 0.4) is 0 Å². The van der Waals surface area contributed by atoms with Crippen molar-refractivity contribution >= 4 is 0 Å². The Morgan fingerprint density at radius 3 is 1.85 bits per heavy atom. The molecule has 72 valence electrons. The highest BCUT2D eigenvalue weighted by Gasteiger charge is 2.03. The minimum Gasteiger partial charge on any atom is -0.258 e. The summed E-state index contributed by atoms with van der Waals surface area (Å²) in [6, 6.07) is 4.45. The molecule has 1 heteroatoms. The van der Waals surface area contributed by atoms with Crippen molar-refractivity contribution < 1.29 is 0 Å². The highest BCUT2D eigenvalue weighted by Crippen LogP contribution is 2.16. The smallest absolute Gasteiger partial charge is 0.0407 e. The Bertz CT molecular complexity index is 254. The molecule has 1 nitrogen and oxygen atoms in total. The Balaban J connectivity index is 3.07. The number of aromatic nitrogens is 1. The molecule has 0 aliphatic rings. The lowest BCUT2D eigenvalue weighted by molar-refractivity contribution is 0.839. The first-order chi connectivity index (χ1) is 6.17. The molecule has 1 aromatic rings. The maximum atomic E-state index is 4.55. The molecule has 0 saturated heterocycles. The van der Waals surface area contributed by atoms with E-state index >= 15 is 0 Å². The topological polar surface area (TPSA) is 12.9 Å². The number of aryl methyl sites for hydroxylation is 2. The van der Waals surface area contributed by atoms with Gasteiger partial charge >= 0.3 is 0 Å². The van der Waals surface area contributed by atoms with E-state index in [4.69, 9.17) is 0 Å². The molecule has 0 atom stereocenters. The first-order valence-electron chi connectivity index (χ1n) is 5.17. The van der Waals surface area contributed by atoms with E-state index in [1.54, 1.807) is 0 Å². The van der Waals surface area contributed by atoms with Gasteiger partial charge in [0.2, 0.25) is 0 Å². The van der Waals surface area contributed by atoms with Crippen LogP contribution in [0.2, 0.25) is 0 Å². The zero-order valence-electron chi connectivity index (χ0n) is 9.09. The predicted molar refractivity (Wildman–Crippen MR) is 57.1 cm³/mol. The minimum atomic E-state index is 0.610. The molecule has 0 aliphatic heterocycles. The Morgan fingerprint density at radius 2 is 1.54 bits per heavy atom. The van der Waals surface area contributed by atoms with E-state index in [2.05, 4.69) is 44.8 Å². The summed E-state index contributed by atoms with van der Waals surface area (Å²) in [7, 11) is 0. The first kappa shape index (κ1) is 10.2. The van der Waals surface area contributed by atoms with Gasteiger partial charge in [-0.2, -0.15) is 0 Å². The van der Waals surface area contributed by atoms with Crippen LogP contribution in [0.4, 0.5) is 0 Å². The summed E-state index contributed by atoms with van der Waals surface area (Å²) in [4.78, 5) is 4.55. The van der Waals surface area contributed by atoms with Gasteiger partial charge in [0.15, 0.2) is 0 Å². The Kier molecular flexibility index (Phi) is 3.47. The van der Waals surface area contributed by atoms with Gasteiger partial charge in [-0.05, 0) is 36.5 Å². The number of hydrogen-bond donors (Lipinski definition) is 0. The zero-order chi connectivity index (χ0) is 9.84. The van der Waals surface area contributed by atoms with Crippen LogP contribution in [0.25, 0.3) is 0 Å². The standard InChI is InChI=1S/C12H19N/c1-5-11-7-10(9(3)4)8-12(6-2)13-11/h7-9H,5-6H2,1-4H3. The van der Waals surface area contributed by atoms with Crippen LogP contribution < -0.4 is 0 Å². The molecule has 0 fully saturated rings. The summed E-state index contributed by atoms with van der Waals surface area (Å²) in [6.07, 6.45) is 2.07. The summed E-state index contributed by atoms with van der Waals surface area (Å²) in [6.45, 7) is 8.78. The van der Waals surface area contributed by atoms with Gasteiger partial charge < -0.3 is 0 Å². The minimum absolute atomic E-state index is 0.610. The van der Waals surface area contributed by atoms with Gasteiger partial charge in [0.25, 0.3) is 0 Å². The van der Waals surface area contributed by atoms with Crippen LogP contribution in [-0.2, 0) is 12.8 Å². The lowest BCUT2D eigenvalue weighted by Crippen LogP contribution is -1.98. The second kappa shape index (κ2) is 4.40. The lowest BCUT2D eigenvalue weighted by Gasteiger charge is -2.09. The van der Waals surface area contributed by atoms with Crippen molar-refractivity contribution in [2.45, 2.75) is 46.5 Å². The molecule has 0 bridgehead atoms. The fourth-order valence-corrected chi connectivity index (χ4v) is 1.37. The van der Waals surface area contributed by atoms with Crippen molar-refractivity contribution in [3.8, 4) is 0 Å². The Morgan fingerprint density at radius 1 is 1.08 bits per heavy atom. The second-order valence-electron chi connectivity index (χ2n) is 3.74. The van der Waals surface area contributed by atoms with Gasteiger partial charge in [-0.25, -0.2) is 0 Å². The Hall–Kier alpha value is -0.850. The van der Waals surface area contributed by atoms with E-state index in [0.717, 1.165) is 12.8 Å². The van der Waals surface area contributed by atoms with E-state index in [9.17, 15) is 0 Å². The normalized spacial score (nSPS) is 10.8. The van der Waals surface area contributed by atoms with Gasteiger partial charge in [0, 0.05) is 11.4 Å². The van der Waals surface area contributed by atoms with E-state index in [0.29, 0.717) is 5.92 Å². The molecule has 0 radical (unpaired) electrons. The molecule has 1 heterocycles. The fraction of sp³-hybridized carbons (Fsp3) is 0.583. The molecule has 0 aromatic carbocycles. The second-order valence-corrected chi connectivity index (χ2v) is 3.74. The predicted octanol–water partition coefficient (Wildman–Crippen LogP) is 3.33. The van der Waals surface area contributed by atoms with Crippen molar-refractivity contribution in [1.29, 1.82) is 0 Å². The van der Waals surface area contributed by atoms with Crippen LogP contribution in [-0.4, -0.2) is 4.98 Å². The van der Waals surface area contributed by atoms with Crippen LogP contribution in [0.1, 0.15) is 50.6 Å². The van der Waals surface area contributed by atoms with E-state index in [1.807, 2.05) is 0 Å². The van der Waals surface area contributed by atoms with Crippen molar-refractivity contribution in [3.63, 3.8) is 0 Å². The van der Waals surface area contributed by atoms with Crippen LogP contribution in [0.5, 0.6) is 0 Å². The van der Waals surface area contributed by atoms with Crippen molar-refractivity contribution in [2.24, 2.45) is 0 Å². The molecule has 0 aliphatic carbocycles. The highest BCUT2D eigenvalue weighted by atomic mass is 14.7. The van der Waals surface area contributed by atoms with E-state index in [1.165, 1.54) is 17.0 Å². The van der Waals surface area contributed by atoms with E-state index in [-0.39, 0.29) is 0 Å². The average Bonchev–Trinajstić information content (AvgIpc) is 2.16. The van der Waals surface area contributed by atoms with Crippen molar-refractivity contribution in [3.05, 3.63) is 29.1 Å². The van der Waals surface area contributed by atoms with Gasteiger partial charge in [-0.3, -0.25) is 4.98 Å². The lowest BCUT2D eigenvalue weighted by atomic mass is 10.0. The van der Waals surface area contributed by atoms with Crippen LogP contribution >= 0.6 is 0 Å². The largest absolute Gasteiger partial charge is 0.258 e. The molecule has 0 spiro atoms. The summed E-state index contributed by atoms with van der Waals surface area (Å²) in [5.41, 5.74) is 3.87. The van der Waals surface area contributed by atoms with Gasteiger partial charge in [-0.15, -0.1) is 0 Å².